The molecule has 1 aromatic heterocycles. The van der Waals surface area contributed by atoms with Crippen molar-refractivity contribution in [3.63, 3.8) is 0 Å². The van der Waals surface area contributed by atoms with E-state index in [2.05, 4.69) is 38.3 Å². The summed E-state index contributed by atoms with van der Waals surface area (Å²) in [6.07, 6.45) is 2.52. The Hall–Kier alpha value is -0.870. The number of hydrogen-bond acceptors (Lipinski definition) is 3. The Morgan fingerprint density at radius 1 is 1.40 bits per heavy atom. The van der Waals surface area contributed by atoms with Crippen molar-refractivity contribution in [2.45, 2.75) is 46.1 Å². The average molecular weight is 296 g/mol. The van der Waals surface area contributed by atoms with Crippen LogP contribution in [0.3, 0.4) is 0 Å². The van der Waals surface area contributed by atoms with E-state index in [1.54, 1.807) is 11.3 Å². The minimum Gasteiger partial charge on any atom is -0.343 e. The molecule has 1 unspecified atom stereocenters. The maximum absolute atomic E-state index is 12.3. The van der Waals surface area contributed by atoms with Crippen LogP contribution in [0.1, 0.15) is 38.5 Å². The molecule has 1 heterocycles. The van der Waals surface area contributed by atoms with Gasteiger partial charge in [0.15, 0.2) is 0 Å². The van der Waals surface area contributed by atoms with Gasteiger partial charge in [-0.25, -0.2) is 0 Å². The smallest absolute Gasteiger partial charge is 0.222 e. The van der Waals surface area contributed by atoms with Crippen molar-refractivity contribution in [3.8, 4) is 0 Å². The van der Waals surface area contributed by atoms with Crippen LogP contribution in [0.4, 0.5) is 0 Å². The summed E-state index contributed by atoms with van der Waals surface area (Å²) < 4.78 is 0. The fourth-order valence-electron chi connectivity index (χ4n) is 2.42. The van der Waals surface area contributed by atoms with Crippen molar-refractivity contribution in [1.82, 2.24) is 4.90 Å². The van der Waals surface area contributed by atoms with E-state index >= 15 is 0 Å². The minimum absolute atomic E-state index is 0.213. The second kappa shape index (κ2) is 8.42. The molecule has 0 saturated heterocycles. The van der Waals surface area contributed by atoms with Gasteiger partial charge in [-0.1, -0.05) is 19.9 Å². The number of amides is 1. The van der Waals surface area contributed by atoms with Gasteiger partial charge in [0.2, 0.25) is 5.91 Å². The number of carbonyl (C=O) groups excluding carboxylic acids is 1. The lowest BCUT2D eigenvalue weighted by Gasteiger charge is -2.27. The van der Waals surface area contributed by atoms with Gasteiger partial charge in [-0.05, 0) is 43.2 Å². The summed E-state index contributed by atoms with van der Waals surface area (Å²) in [5.74, 6) is 1.11. The van der Waals surface area contributed by atoms with Crippen LogP contribution in [0.15, 0.2) is 17.5 Å². The van der Waals surface area contributed by atoms with E-state index in [4.69, 9.17) is 5.73 Å². The lowest BCUT2D eigenvalue weighted by atomic mass is 9.93. The highest BCUT2D eigenvalue weighted by Gasteiger charge is 2.20. The van der Waals surface area contributed by atoms with Gasteiger partial charge in [0.1, 0.15) is 0 Å². The summed E-state index contributed by atoms with van der Waals surface area (Å²) in [6, 6.07) is 4.42. The van der Waals surface area contributed by atoms with Crippen molar-refractivity contribution in [2.24, 2.45) is 17.6 Å². The quantitative estimate of drug-likeness (QED) is 0.801. The highest BCUT2D eigenvalue weighted by atomic mass is 32.1. The standard InChI is InChI=1S/C16H28N2OS/c1-12(2)8-14(11-17)10-16(19)18(4)13(3)9-15-6-5-7-20-15/h5-7,12-14H,8-11,17H2,1-4H3/t13?,14-/m0/s1. The molecule has 1 rings (SSSR count). The predicted octanol–water partition coefficient (Wildman–Crippen LogP) is 3.15. The molecule has 4 heteroatoms. The SMILES string of the molecule is CC(C)C[C@H](CN)CC(=O)N(C)C(C)Cc1cccs1. The topological polar surface area (TPSA) is 46.3 Å². The normalized spacial score (nSPS) is 14.3. The number of thiophene rings is 1. The molecule has 2 N–H and O–H groups in total. The average Bonchev–Trinajstić information content (AvgIpc) is 2.89. The third-order valence-corrected chi connectivity index (χ3v) is 4.63. The molecule has 2 atom stereocenters. The van der Waals surface area contributed by atoms with Gasteiger partial charge < -0.3 is 10.6 Å². The van der Waals surface area contributed by atoms with Crippen LogP contribution < -0.4 is 5.73 Å². The molecule has 0 radical (unpaired) electrons. The first kappa shape index (κ1) is 17.2. The van der Waals surface area contributed by atoms with E-state index in [-0.39, 0.29) is 11.9 Å². The maximum Gasteiger partial charge on any atom is 0.222 e. The molecule has 20 heavy (non-hydrogen) atoms. The number of carbonyl (C=O) groups is 1. The lowest BCUT2D eigenvalue weighted by molar-refractivity contribution is -0.132. The first-order chi connectivity index (χ1) is 9.43. The molecule has 0 aromatic carbocycles. The molecule has 0 fully saturated rings. The summed E-state index contributed by atoms with van der Waals surface area (Å²) >= 11 is 1.75. The third kappa shape index (κ3) is 5.63. The molecule has 0 aliphatic heterocycles. The second-order valence-corrected chi connectivity index (χ2v) is 7.10. The van der Waals surface area contributed by atoms with Crippen molar-refractivity contribution in [1.29, 1.82) is 0 Å². The number of nitrogens with zero attached hydrogens (tertiary/aromatic N) is 1. The molecule has 0 aliphatic carbocycles. The molecule has 0 saturated carbocycles. The van der Waals surface area contributed by atoms with Crippen molar-refractivity contribution in [3.05, 3.63) is 22.4 Å². The van der Waals surface area contributed by atoms with E-state index in [1.807, 2.05) is 11.9 Å². The molecule has 1 amide bonds. The van der Waals surface area contributed by atoms with Crippen LogP contribution in [0.2, 0.25) is 0 Å². The van der Waals surface area contributed by atoms with Crippen LogP contribution in [-0.2, 0) is 11.2 Å². The van der Waals surface area contributed by atoms with Crippen LogP contribution in [-0.4, -0.2) is 30.4 Å². The van der Waals surface area contributed by atoms with Crippen LogP contribution in [0.5, 0.6) is 0 Å². The van der Waals surface area contributed by atoms with Gasteiger partial charge in [-0.15, -0.1) is 11.3 Å². The number of likely N-dealkylation sites (N-methyl/N-ethyl adjacent to an activating group) is 1. The Balaban J connectivity index is 2.48. The first-order valence-corrected chi connectivity index (χ1v) is 8.30. The van der Waals surface area contributed by atoms with Crippen LogP contribution in [0, 0.1) is 11.8 Å². The molecule has 3 nitrogen and oxygen atoms in total. The summed E-state index contributed by atoms with van der Waals surface area (Å²) in [7, 11) is 1.91. The number of hydrogen-bond donors (Lipinski definition) is 1. The Bertz CT molecular complexity index is 389. The van der Waals surface area contributed by atoms with E-state index < -0.39 is 0 Å². The van der Waals surface area contributed by atoms with Gasteiger partial charge in [-0.2, -0.15) is 0 Å². The second-order valence-electron chi connectivity index (χ2n) is 6.07. The number of rotatable bonds is 8. The fourth-order valence-corrected chi connectivity index (χ4v) is 3.25. The first-order valence-electron chi connectivity index (χ1n) is 7.42. The van der Waals surface area contributed by atoms with Gasteiger partial charge in [-0.3, -0.25) is 4.79 Å². The number of nitrogens with two attached hydrogens (primary N) is 1. The zero-order valence-corrected chi connectivity index (χ0v) is 14.0. The summed E-state index contributed by atoms with van der Waals surface area (Å²) in [4.78, 5) is 15.5. The summed E-state index contributed by atoms with van der Waals surface area (Å²) in [5.41, 5.74) is 5.79. The molecule has 0 aliphatic rings. The summed E-state index contributed by atoms with van der Waals surface area (Å²) in [5, 5.41) is 2.08. The molecule has 1 aromatic rings. The van der Waals surface area contributed by atoms with E-state index in [1.165, 1.54) is 4.88 Å². The van der Waals surface area contributed by atoms with Gasteiger partial charge >= 0.3 is 0 Å². The Kier molecular flexibility index (Phi) is 7.24. The van der Waals surface area contributed by atoms with Gasteiger partial charge in [0, 0.05) is 30.8 Å². The minimum atomic E-state index is 0.213. The monoisotopic (exact) mass is 296 g/mol. The highest BCUT2D eigenvalue weighted by Crippen LogP contribution is 2.18. The molecule has 114 valence electrons. The molecule has 0 spiro atoms. The maximum atomic E-state index is 12.3. The predicted molar refractivity (Wildman–Crippen MR) is 86.9 cm³/mol. The molecule has 0 bridgehead atoms. The zero-order chi connectivity index (χ0) is 15.1. The van der Waals surface area contributed by atoms with E-state index in [9.17, 15) is 4.79 Å². The fraction of sp³-hybridized carbons (Fsp3) is 0.688. The molecular weight excluding hydrogens is 268 g/mol. The van der Waals surface area contributed by atoms with Crippen molar-refractivity contribution in [2.75, 3.05) is 13.6 Å². The van der Waals surface area contributed by atoms with E-state index in [0.29, 0.717) is 24.8 Å². The summed E-state index contributed by atoms with van der Waals surface area (Å²) in [6.45, 7) is 7.06. The lowest BCUT2D eigenvalue weighted by Crippen LogP contribution is -2.38. The zero-order valence-electron chi connectivity index (χ0n) is 13.1. The molecular formula is C16H28N2OS. The van der Waals surface area contributed by atoms with Gasteiger partial charge in [0.25, 0.3) is 0 Å². The Morgan fingerprint density at radius 2 is 2.10 bits per heavy atom. The van der Waals surface area contributed by atoms with Crippen LogP contribution in [0.25, 0.3) is 0 Å². The largest absolute Gasteiger partial charge is 0.343 e. The van der Waals surface area contributed by atoms with Crippen molar-refractivity contribution >= 4 is 17.2 Å². The van der Waals surface area contributed by atoms with E-state index in [0.717, 1.165) is 12.8 Å². The third-order valence-electron chi connectivity index (χ3n) is 3.73. The Labute approximate surface area is 127 Å². The highest BCUT2D eigenvalue weighted by molar-refractivity contribution is 7.09. The van der Waals surface area contributed by atoms with Crippen molar-refractivity contribution < 1.29 is 4.79 Å². The Morgan fingerprint density at radius 3 is 2.60 bits per heavy atom. The van der Waals surface area contributed by atoms with Gasteiger partial charge in [0.05, 0.1) is 0 Å². The van der Waals surface area contributed by atoms with Crippen LogP contribution >= 0.6 is 11.3 Å².